The zero-order valence-electron chi connectivity index (χ0n) is 10.6. The number of hydrogen-bond donors (Lipinski definition) is 1. The van der Waals surface area contributed by atoms with Crippen LogP contribution in [0.25, 0.3) is 0 Å². The van der Waals surface area contributed by atoms with Gasteiger partial charge >= 0.3 is 0 Å². The minimum atomic E-state index is 0. The summed E-state index contributed by atoms with van der Waals surface area (Å²) in [6.07, 6.45) is 4.61. The number of hydrogen-bond acceptors (Lipinski definition) is 3. The second kappa shape index (κ2) is 6.57. The molecule has 2 aliphatic heterocycles. The van der Waals surface area contributed by atoms with Gasteiger partial charge in [0.05, 0.1) is 6.54 Å². The van der Waals surface area contributed by atoms with Crippen LogP contribution in [0.2, 0.25) is 0 Å². The van der Waals surface area contributed by atoms with Crippen LogP contribution in [0.3, 0.4) is 0 Å². The molecule has 0 aromatic rings. The molecule has 1 amide bonds. The first kappa shape index (κ1) is 14.7. The highest BCUT2D eigenvalue weighted by Crippen LogP contribution is 2.17. The number of amides is 1. The maximum Gasteiger partial charge on any atom is 0.236 e. The van der Waals surface area contributed by atoms with Crippen molar-refractivity contribution in [1.82, 2.24) is 9.80 Å². The Bertz CT molecular complexity index is 262. The lowest BCUT2D eigenvalue weighted by molar-refractivity contribution is -0.135. The van der Waals surface area contributed by atoms with Crippen molar-refractivity contribution in [3.05, 3.63) is 0 Å². The van der Waals surface area contributed by atoms with Crippen LogP contribution >= 0.6 is 12.4 Å². The molecular weight excluding hydrogens is 238 g/mol. The molecule has 2 atom stereocenters. The van der Waals surface area contributed by atoms with Crippen LogP contribution in [0.15, 0.2) is 0 Å². The average Bonchev–Trinajstić information content (AvgIpc) is 2.64. The van der Waals surface area contributed by atoms with E-state index in [-0.39, 0.29) is 18.4 Å². The van der Waals surface area contributed by atoms with E-state index in [1.165, 1.54) is 6.42 Å². The van der Waals surface area contributed by atoms with E-state index in [9.17, 15) is 4.79 Å². The number of carbonyl (C=O) groups excluding carboxylic acids is 1. The standard InChI is InChI=1S/C12H23N3O.ClH/c1-10-4-2-3-6-15(10)12(16)9-14-7-5-11(13)8-14;/h10-11H,2-9,13H2,1H3;1H/t10?,11-;/m0./s1. The van der Waals surface area contributed by atoms with Gasteiger partial charge in [0, 0.05) is 31.7 Å². The van der Waals surface area contributed by atoms with Crippen molar-refractivity contribution in [2.75, 3.05) is 26.2 Å². The molecule has 2 aliphatic rings. The number of rotatable bonds is 2. The molecule has 2 fully saturated rings. The van der Waals surface area contributed by atoms with Crippen LogP contribution in [-0.4, -0.2) is 54.0 Å². The van der Waals surface area contributed by atoms with Crippen LogP contribution in [0.1, 0.15) is 32.6 Å². The summed E-state index contributed by atoms with van der Waals surface area (Å²) in [5.74, 6) is 0.293. The van der Waals surface area contributed by atoms with Gasteiger partial charge in [-0.1, -0.05) is 0 Å². The molecule has 1 unspecified atom stereocenters. The van der Waals surface area contributed by atoms with Gasteiger partial charge < -0.3 is 10.6 Å². The number of nitrogens with zero attached hydrogens (tertiary/aromatic N) is 2. The molecule has 2 heterocycles. The van der Waals surface area contributed by atoms with Crippen LogP contribution in [0.5, 0.6) is 0 Å². The van der Waals surface area contributed by atoms with Crippen molar-refractivity contribution in [2.24, 2.45) is 5.73 Å². The summed E-state index contributed by atoms with van der Waals surface area (Å²) in [4.78, 5) is 16.4. The molecule has 0 bridgehead atoms. The summed E-state index contributed by atoms with van der Waals surface area (Å²) in [6.45, 7) is 5.54. The Kier molecular flexibility index (Phi) is 5.70. The van der Waals surface area contributed by atoms with Gasteiger partial charge in [0.1, 0.15) is 0 Å². The number of halogens is 1. The van der Waals surface area contributed by atoms with Gasteiger partial charge in [-0.2, -0.15) is 0 Å². The lowest BCUT2D eigenvalue weighted by Gasteiger charge is -2.34. The van der Waals surface area contributed by atoms with E-state index in [1.807, 2.05) is 4.90 Å². The normalized spacial score (nSPS) is 30.1. The lowest BCUT2D eigenvalue weighted by Crippen LogP contribution is -2.46. The third kappa shape index (κ3) is 3.83. The highest BCUT2D eigenvalue weighted by molar-refractivity contribution is 5.85. The summed E-state index contributed by atoms with van der Waals surface area (Å²) in [7, 11) is 0. The minimum Gasteiger partial charge on any atom is -0.339 e. The van der Waals surface area contributed by atoms with E-state index < -0.39 is 0 Å². The van der Waals surface area contributed by atoms with Crippen molar-refractivity contribution in [2.45, 2.75) is 44.7 Å². The van der Waals surface area contributed by atoms with Gasteiger partial charge in [0.15, 0.2) is 0 Å². The zero-order chi connectivity index (χ0) is 11.5. The first-order chi connectivity index (χ1) is 7.66. The fourth-order valence-corrected chi connectivity index (χ4v) is 2.76. The Morgan fingerprint density at radius 1 is 1.29 bits per heavy atom. The summed E-state index contributed by atoms with van der Waals surface area (Å²) < 4.78 is 0. The van der Waals surface area contributed by atoms with Crippen molar-refractivity contribution >= 4 is 18.3 Å². The molecule has 5 heteroatoms. The molecule has 17 heavy (non-hydrogen) atoms. The van der Waals surface area contributed by atoms with Crippen molar-refractivity contribution in [1.29, 1.82) is 0 Å². The second-order valence-corrected chi connectivity index (χ2v) is 5.22. The molecule has 0 radical (unpaired) electrons. The first-order valence-corrected chi connectivity index (χ1v) is 6.44. The van der Waals surface area contributed by atoms with E-state index in [0.717, 1.165) is 38.9 Å². The summed E-state index contributed by atoms with van der Waals surface area (Å²) >= 11 is 0. The fraction of sp³-hybridized carbons (Fsp3) is 0.917. The van der Waals surface area contributed by atoms with Gasteiger partial charge in [-0.15, -0.1) is 12.4 Å². The third-order valence-electron chi connectivity index (χ3n) is 3.79. The lowest BCUT2D eigenvalue weighted by atomic mass is 10.0. The molecular formula is C12H24ClN3O. The van der Waals surface area contributed by atoms with E-state index in [1.54, 1.807) is 0 Å². The van der Waals surface area contributed by atoms with Gasteiger partial charge in [0.2, 0.25) is 5.91 Å². The van der Waals surface area contributed by atoms with Crippen LogP contribution < -0.4 is 5.73 Å². The summed E-state index contributed by atoms with van der Waals surface area (Å²) in [5, 5.41) is 0. The zero-order valence-corrected chi connectivity index (χ0v) is 11.4. The van der Waals surface area contributed by atoms with Gasteiger partial charge in [-0.25, -0.2) is 0 Å². The van der Waals surface area contributed by atoms with Gasteiger partial charge in [-0.3, -0.25) is 9.69 Å². The topological polar surface area (TPSA) is 49.6 Å². The molecule has 2 N–H and O–H groups in total. The number of carbonyl (C=O) groups is 1. The van der Waals surface area contributed by atoms with E-state index >= 15 is 0 Å². The van der Waals surface area contributed by atoms with Crippen LogP contribution in [-0.2, 0) is 4.79 Å². The van der Waals surface area contributed by atoms with Crippen molar-refractivity contribution in [3.63, 3.8) is 0 Å². The maximum atomic E-state index is 12.1. The van der Waals surface area contributed by atoms with Gasteiger partial charge in [0.25, 0.3) is 0 Å². The van der Waals surface area contributed by atoms with Crippen molar-refractivity contribution in [3.8, 4) is 0 Å². The quantitative estimate of drug-likeness (QED) is 0.802. The van der Waals surface area contributed by atoms with Crippen molar-refractivity contribution < 1.29 is 4.79 Å². The molecule has 0 saturated carbocycles. The van der Waals surface area contributed by atoms with Crippen LogP contribution in [0, 0.1) is 0 Å². The Balaban J connectivity index is 0.00000144. The van der Waals surface area contributed by atoms with E-state index in [4.69, 9.17) is 5.73 Å². The molecule has 2 rings (SSSR count). The average molecular weight is 262 g/mol. The first-order valence-electron chi connectivity index (χ1n) is 6.44. The summed E-state index contributed by atoms with van der Waals surface area (Å²) in [5.41, 5.74) is 5.84. The van der Waals surface area contributed by atoms with E-state index in [0.29, 0.717) is 18.5 Å². The number of likely N-dealkylation sites (tertiary alicyclic amines) is 2. The molecule has 2 saturated heterocycles. The number of piperidine rings is 1. The largest absolute Gasteiger partial charge is 0.339 e. The fourth-order valence-electron chi connectivity index (χ4n) is 2.76. The molecule has 0 aromatic heterocycles. The smallest absolute Gasteiger partial charge is 0.236 e. The predicted octanol–water partition coefficient (Wildman–Crippen LogP) is 0.842. The van der Waals surface area contributed by atoms with E-state index in [2.05, 4.69) is 11.8 Å². The Hall–Kier alpha value is -0.320. The molecule has 0 aliphatic carbocycles. The van der Waals surface area contributed by atoms with Gasteiger partial charge in [-0.05, 0) is 32.6 Å². The second-order valence-electron chi connectivity index (χ2n) is 5.22. The Morgan fingerprint density at radius 3 is 2.65 bits per heavy atom. The Labute approximate surface area is 110 Å². The third-order valence-corrected chi connectivity index (χ3v) is 3.79. The Morgan fingerprint density at radius 2 is 2.06 bits per heavy atom. The highest BCUT2D eigenvalue weighted by Gasteiger charge is 2.27. The molecule has 100 valence electrons. The molecule has 0 aromatic carbocycles. The highest BCUT2D eigenvalue weighted by atomic mass is 35.5. The molecule has 4 nitrogen and oxygen atoms in total. The maximum absolute atomic E-state index is 12.1. The number of nitrogens with two attached hydrogens (primary N) is 1. The minimum absolute atomic E-state index is 0. The monoisotopic (exact) mass is 261 g/mol. The molecule has 0 spiro atoms. The SMILES string of the molecule is CC1CCCCN1C(=O)CN1CC[C@H](N)C1.Cl. The van der Waals surface area contributed by atoms with Crippen LogP contribution in [0.4, 0.5) is 0 Å². The summed E-state index contributed by atoms with van der Waals surface area (Å²) in [6, 6.07) is 0.698. The predicted molar refractivity (Wildman–Crippen MR) is 71.3 cm³/mol.